The molecule has 0 aromatic carbocycles. The zero-order valence-corrected chi connectivity index (χ0v) is 12.6. The number of nitrogens with zero attached hydrogens (tertiary/aromatic N) is 1. The SMILES string of the molecule is CN1CCOC(CNC(=O)C2CCCC(CCN)C2)C1. The number of nitrogens with one attached hydrogen (secondary N) is 1. The van der Waals surface area contributed by atoms with Crippen LogP contribution in [-0.2, 0) is 9.53 Å². The third-order valence-corrected chi connectivity index (χ3v) is 4.57. The zero-order chi connectivity index (χ0) is 14.4. The second-order valence-electron chi connectivity index (χ2n) is 6.31. The van der Waals surface area contributed by atoms with Crippen LogP contribution < -0.4 is 11.1 Å². The maximum Gasteiger partial charge on any atom is 0.223 e. The second-order valence-corrected chi connectivity index (χ2v) is 6.31. The Morgan fingerprint density at radius 1 is 1.45 bits per heavy atom. The summed E-state index contributed by atoms with van der Waals surface area (Å²) in [5.41, 5.74) is 5.63. The molecule has 0 aromatic heterocycles. The predicted molar refractivity (Wildman–Crippen MR) is 79.4 cm³/mol. The molecule has 1 heterocycles. The third-order valence-electron chi connectivity index (χ3n) is 4.57. The van der Waals surface area contributed by atoms with E-state index in [4.69, 9.17) is 10.5 Å². The molecule has 1 saturated heterocycles. The van der Waals surface area contributed by atoms with Crippen LogP contribution in [0.25, 0.3) is 0 Å². The molecule has 0 aromatic rings. The van der Waals surface area contributed by atoms with Crippen LogP contribution in [0.3, 0.4) is 0 Å². The van der Waals surface area contributed by atoms with Crippen LogP contribution in [0.4, 0.5) is 0 Å². The van der Waals surface area contributed by atoms with Crippen LogP contribution in [0.1, 0.15) is 32.1 Å². The summed E-state index contributed by atoms with van der Waals surface area (Å²) in [7, 11) is 2.09. The lowest BCUT2D eigenvalue weighted by molar-refractivity contribution is -0.127. The summed E-state index contributed by atoms with van der Waals surface area (Å²) in [4.78, 5) is 14.5. The van der Waals surface area contributed by atoms with Gasteiger partial charge in [0, 0.05) is 25.6 Å². The van der Waals surface area contributed by atoms with Crippen LogP contribution >= 0.6 is 0 Å². The van der Waals surface area contributed by atoms with E-state index in [-0.39, 0.29) is 17.9 Å². The highest BCUT2D eigenvalue weighted by Crippen LogP contribution is 2.30. The molecule has 3 unspecified atom stereocenters. The number of rotatable bonds is 5. The topological polar surface area (TPSA) is 67.6 Å². The Hall–Kier alpha value is -0.650. The van der Waals surface area contributed by atoms with E-state index in [1.165, 1.54) is 6.42 Å². The van der Waals surface area contributed by atoms with Gasteiger partial charge in [0.25, 0.3) is 0 Å². The lowest BCUT2D eigenvalue weighted by atomic mass is 9.79. The van der Waals surface area contributed by atoms with E-state index in [0.29, 0.717) is 12.5 Å². The molecule has 3 N–H and O–H groups in total. The van der Waals surface area contributed by atoms with Gasteiger partial charge in [-0.25, -0.2) is 0 Å². The second kappa shape index (κ2) is 7.96. The first-order chi connectivity index (χ1) is 9.69. The first-order valence-corrected chi connectivity index (χ1v) is 7.97. The van der Waals surface area contributed by atoms with E-state index in [0.717, 1.165) is 51.9 Å². The average Bonchev–Trinajstić information content (AvgIpc) is 2.45. The van der Waals surface area contributed by atoms with E-state index < -0.39 is 0 Å². The molecule has 2 rings (SSSR count). The van der Waals surface area contributed by atoms with Crippen LogP contribution in [0, 0.1) is 11.8 Å². The summed E-state index contributed by atoms with van der Waals surface area (Å²) >= 11 is 0. The highest BCUT2D eigenvalue weighted by molar-refractivity contribution is 5.78. The number of nitrogens with two attached hydrogens (primary N) is 1. The number of ether oxygens (including phenoxy) is 1. The Morgan fingerprint density at radius 2 is 2.30 bits per heavy atom. The van der Waals surface area contributed by atoms with Gasteiger partial charge in [-0.1, -0.05) is 12.8 Å². The van der Waals surface area contributed by atoms with E-state index in [9.17, 15) is 4.79 Å². The molecule has 3 atom stereocenters. The number of hydrogen-bond donors (Lipinski definition) is 2. The molecule has 20 heavy (non-hydrogen) atoms. The molecule has 1 aliphatic carbocycles. The van der Waals surface area contributed by atoms with Crippen molar-refractivity contribution < 1.29 is 9.53 Å². The van der Waals surface area contributed by atoms with Crippen LogP contribution in [0.2, 0.25) is 0 Å². The van der Waals surface area contributed by atoms with Crippen molar-refractivity contribution >= 4 is 5.91 Å². The normalized spacial score (nSPS) is 32.0. The highest BCUT2D eigenvalue weighted by atomic mass is 16.5. The van der Waals surface area contributed by atoms with Gasteiger partial charge in [-0.2, -0.15) is 0 Å². The van der Waals surface area contributed by atoms with Crippen molar-refractivity contribution in [3.05, 3.63) is 0 Å². The maximum atomic E-state index is 12.3. The smallest absolute Gasteiger partial charge is 0.223 e. The Labute approximate surface area is 122 Å². The molecule has 5 nitrogen and oxygen atoms in total. The van der Waals surface area contributed by atoms with E-state index >= 15 is 0 Å². The minimum atomic E-state index is 0.140. The summed E-state index contributed by atoms with van der Waals surface area (Å²) in [5, 5.41) is 3.08. The molecule has 5 heteroatoms. The van der Waals surface area contributed by atoms with Crippen molar-refractivity contribution in [1.29, 1.82) is 0 Å². The molecular formula is C15H29N3O2. The Balaban J connectivity index is 1.71. The minimum absolute atomic E-state index is 0.140. The minimum Gasteiger partial charge on any atom is -0.374 e. The Bertz CT molecular complexity index is 309. The summed E-state index contributed by atoms with van der Waals surface area (Å²) in [6.07, 6.45) is 5.62. The number of amides is 1. The number of carbonyl (C=O) groups is 1. The zero-order valence-electron chi connectivity index (χ0n) is 12.6. The van der Waals surface area contributed by atoms with Crippen LogP contribution in [-0.4, -0.2) is 56.7 Å². The molecule has 1 amide bonds. The van der Waals surface area contributed by atoms with Crippen molar-refractivity contribution in [2.75, 3.05) is 39.8 Å². The fourth-order valence-corrected chi connectivity index (χ4v) is 3.38. The van der Waals surface area contributed by atoms with Gasteiger partial charge in [-0.15, -0.1) is 0 Å². The van der Waals surface area contributed by atoms with Crippen molar-refractivity contribution in [1.82, 2.24) is 10.2 Å². The number of likely N-dealkylation sites (N-methyl/N-ethyl adjacent to an activating group) is 1. The van der Waals surface area contributed by atoms with Gasteiger partial charge < -0.3 is 20.7 Å². The number of hydrogen-bond acceptors (Lipinski definition) is 4. The number of morpholine rings is 1. The maximum absolute atomic E-state index is 12.3. The first-order valence-electron chi connectivity index (χ1n) is 7.97. The fourth-order valence-electron chi connectivity index (χ4n) is 3.38. The van der Waals surface area contributed by atoms with Gasteiger partial charge in [0.05, 0.1) is 12.7 Å². The molecule has 2 aliphatic rings. The van der Waals surface area contributed by atoms with Gasteiger partial charge in [-0.3, -0.25) is 4.79 Å². The van der Waals surface area contributed by atoms with Crippen molar-refractivity contribution in [2.45, 2.75) is 38.2 Å². The van der Waals surface area contributed by atoms with Crippen LogP contribution in [0.5, 0.6) is 0 Å². The van der Waals surface area contributed by atoms with Gasteiger partial charge in [-0.05, 0) is 38.8 Å². The fraction of sp³-hybridized carbons (Fsp3) is 0.933. The summed E-state index contributed by atoms with van der Waals surface area (Å²) in [6, 6.07) is 0. The Morgan fingerprint density at radius 3 is 3.05 bits per heavy atom. The van der Waals surface area contributed by atoms with Crippen molar-refractivity contribution in [2.24, 2.45) is 17.6 Å². The lowest BCUT2D eigenvalue weighted by Gasteiger charge is -2.31. The van der Waals surface area contributed by atoms with E-state index in [1.807, 2.05) is 0 Å². The van der Waals surface area contributed by atoms with E-state index in [2.05, 4.69) is 17.3 Å². The summed E-state index contributed by atoms with van der Waals surface area (Å²) in [5.74, 6) is 1.03. The monoisotopic (exact) mass is 283 g/mol. The van der Waals surface area contributed by atoms with Gasteiger partial charge in [0.2, 0.25) is 5.91 Å². The predicted octanol–water partition coefficient (Wildman–Crippen LogP) is 0.588. The van der Waals surface area contributed by atoms with Crippen molar-refractivity contribution in [3.63, 3.8) is 0 Å². The molecule has 0 spiro atoms. The average molecular weight is 283 g/mol. The van der Waals surface area contributed by atoms with Gasteiger partial charge >= 0.3 is 0 Å². The Kier molecular flexibility index (Phi) is 6.26. The molecule has 2 fully saturated rings. The van der Waals surface area contributed by atoms with Crippen molar-refractivity contribution in [3.8, 4) is 0 Å². The third kappa shape index (κ3) is 4.72. The molecule has 116 valence electrons. The molecule has 1 aliphatic heterocycles. The highest BCUT2D eigenvalue weighted by Gasteiger charge is 2.27. The molecule has 1 saturated carbocycles. The molecule has 0 radical (unpaired) electrons. The largest absolute Gasteiger partial charge is 0.374 e. The quantitative estimate of drug-likeness (QED) is 0.775. The number of carbonyl (C=O) groups excluding carboxylic acids is 1. The standard InChI is InChI=1S/C15H29N3O2/c1-18-7-8-20-14(11-18)10-17-15(19)13-4-2-3-12(9-13)5-6-16/h12-14H,2-11,16H2,1H3,(H,17,19). The van der Waals surface area contributed by atoms with Crippen LogP contribution in [0.15, 0.2) is 0 Å². The molecule has 0 bridgehead atoms. The first kappa shape index (κ1) is 15.7. The lowest BCUT2D eigenvalue weighted by Crippen LogP contribution is -2.47. The molecular weight excluding hydrogens is 254 g/mol. The van der Waals surface area contributed by atoms with Gasteiger partial charge in [0.15, 0.2) is 0 Å². The summed E-state index contributed by atoms with van der Waals surface area (Å²) in [6.45, 7) is 4.02. The summed E-state index contributed by atoms with van der Waals surface area (Å²) < 4.78 is 5.67. The van der Waals surface area contributed by atoms with Gasteiger partial charge in [0.1, 0.15) is 0 Å². The van der Waals surface area contributed by atoms with E-state index in [1.54, 1.807) is 0 Å².